The minimum Gasteiger partial charge on any atom is -0.290 e. The largest absolute Gasteiger partial charge is 0.290 e. The second kappa shape index (κ2) is 2.59. The molecule has 1 heteroatoms. The van der Waals surface area contributed by atoms with Crippen LogP contribution in [0, 0.1) is 0 Å². The Balaban J connectivity index is 2.37. The van der Waals surface area contributed by atoms with Gasteiger partial charge in [-0.3, -0.25) is 4.79 Å². The molecule has 0 saturated heterocycles. The molecule has 1 unspecified atom stereocenters. The second-order valence-corrected chi connectivity index (χ2v) is 3.15. The Labute approximate surface area is 71.4 Å². The minimum absolute atomic E-state index is 0.0690. The van der Waals surface area contributed by atoms with Crippen molar-refractivity contribution in [3.05, 3.63) is 57.8 Å². The van der Waals surface area contributed by atoms with Crippen LogP contribution in [0.2, 0.25) is 0 Å². The summed E-state index contributed by atoms with van der Waals surface area (Å²) in [5.41, 5.74) is 2.68. The first-order chi connectivity index (χ1) is 5.77. The van der Waals surface area contributed by atoms with Crippen LogP contribution >= 0.6 is 0 Å². The van der Waals surface area contributed by atoms with Crippen molar-refractivity contribution in [3.63, 3.8) is 0 Å². The van der Waals surface area contributed by atoms with Crippen LogP contribution in [0.3, 0.4) is 0 Å². The molecule has 1 aromatic rings. The topological polar surface area (TPSA) is 17.1 Å². The molecule has 0 fully saturated rings. The second-order valence-electron chi connectivity index (χ2n) is 3.15. The third-order valence-corrected chi connectivity index (χ3v) is 2.16. The molecule has 0 spiro atoms. The van der Waals surface area contributed by atoms with Gasteiger partial charge in [0.1, 0.15) is 0 Å². The normalized spacial score (nSPS) is 20.1. The number of allylic oxidation sites excluding steroid dienone is 2. The first-order valence-corrected chi connectivity index (χ1v) is 4.06. The molecular weight excluding hydrogens is 148 g/mol. The maximum absolute atomic E-state index is 10.9. The predicted octanol–water partition coefficient (Wildman–Crippen LogP) is 2.09. The minimum atomic E-state index is 0.0690. The van der Waals surface area contributed by atoms with Gasteiger partial charge in [0, 0.05) is 5.92 Å². The third kappa shape index (κ3) is 1.30. The summed E-state index contributed by atoms with van der Waals surface area (Å²) >= 11 is 0. The van der Waals surface area contributed by atoms with Crippen LogP contribution in [0.15, 0.2) is 46.8 Å². The molecule has 0 bridgehead atoms. The van der Waals surface area contributed by atoms with Crippen molar-refractivity contribution in [2.75, 3.05) is 0 Å². The smallest absolute Gasteiger partial charge is 0.178 e. The van der Waals surface area contributed by atoms with E-state index in [0.29, 0.717) is 5.92 Å². The maximum Gasteiger partial charge on any atom is 0.178 e. The fourth-order valence-corrected chi connectivity index (χ4v) is 1.32. The molecule has 1 atom stereocenters. The summed E-state index contributed by atoms with van der Waals surface area (Å²) in [5.74, 6) is 0.497. The van der Waals surface area contributed by atoms with Crippen molar-refractivity contribution in [1.82, 2.24) is 0 Å². The van der Waals surface area contributed by atoms with E-state index in [0.717, 1.165) is 0 Å². The van der Waals surface area contributed by atoms with Gasteiger partial charge in [-0.25, -0.2) is 0 Å². The average molecular weight is 158 g/mol. The zero-order valence-electron chi connectivity index (χ0n) is 6.95. The monoisotopic (exact) mass is 158 g/mol. The molecule has 1 aliphatic rings. The Morgan fingerprint density at radius 3 is 2.58 bits per heavy atom. The first-order valence-electron chi connectivity index (χ1n) is 4.06. The van der Waals surface area contributed by atoms with Crippen molar-refractivity contribution in [2.24, 2.45) is 0 Å². The fourth-order valence-electron chi connectivity index (χ4n) is 1.32. The molecule has 60 valence electrons. The summed E-state index contributed by atoms with van der Waals surface area (Å²) in [5, 5.41) is 0. The van der Waals surface area contributed by atoms with E-state index in [4.69, 9.17) is 0 Å². The summed E-state index contributed by atoms with van der Waals surface area (Å²) in [4.78, 5) is 10.9. The average Bonchev–Trinajstić information content (AvgIpc) is 2.75. The van der Waals surface area contributed by atoms with E-state index in [-0.39, 0.29) is 5.43 Å². The Hall–Kier alpha value is -1.37. The van der Waals surface area contributed by atoms with Crippen LogP contribution in [0.5, 0.6) is 0 Å². The number of rotatable bonds is 1. The molecule has 0 N–H and O–H groups in total. The molecule has 1 aromatic carbocycles. The number of hydrogen-bond acceptors (Lipinski definition) is 1. The van der Waals surface area contributed by atoms with Gasteiger partial charge in [-0.15, -0.1) is 0 Å². The van der Waals surface area contributed by atoms with Crippen molar-refractivity contribution < 1.29 is 0 Å². The molecular formula is C11H10O. The molecule has 0 radical (unpaired) electrons. The fraction of sp³-hybridized carbons (Fsp3) is 0.182. The summed E-state index contributed by atoms with van der Waals surface area (Å²) in [6.45, 7) is 2.11. The first kappa shape index (κ1) is 7.29. The van der Waals surface area contributed by atoms with E-state index in [1.807, 2.05) is 18.2 Å². The van der Waals surface area contributed by atoms with Gasteiger partial charge in [-0.1, -0.05) is 29.8 Å². The van der Waals surface area contributed by atoms with Crippen molar-refractivity contribution in [3.8, 4) is 0 Å². The summed E-state index contributed by atoms with van der Waals surface area (Å²) < 4.78 is 0. The van der Waals surface area contributed by atoms with Gasteiger partial charge in [0.05, 0.1) is 0 Å². The van der Waals surface area contributed by atoms with E-state index < -0.39 is 0 Å². The maximum atomic E-state index is 10.9. The zero-order valence-corrected chi connectivity index (χ0v) is 6.95. The highest BCUT2D eigenvalue weighted by Crippen LogP contribution is 2.37. The van der Waals surface area contributed by atoms with Crippen molar-refractivity contribution in [1.29, 1.82) is 0 Å². The molecule has 0 saturated carbocycles. The summed E-state index contributed by atoms with van der Waals surface area (Å²) in [6, 6.07) is 8.92. The van der Waals surface area contributed by atoms with Crippen molar-refractivity contribution in [2.45, 2.75) is 12.8 Å². The standard InChI is InChI=1S/C11H10O/c1-8-7-11(8)9-3-2-4-10(12)6-5-9/h2-7,11H,1H3. The lowest BCUT2D eigenvalue weighted by molar-refractivity contribution is 1.18. The summed E-state index contributed by atoms with van der Waals surface area (Å²) in [7, 11) is 0. The van der Waals surface area contributed by atoms with Gasteiger partial charge in [-0.2, -0.15) is 0 Å². The van der Waals surface area contributed by atoms with Gasteiger partial charge in [0.15, 0.2) is 5.43 Å². The Morgan fingerprint density at radius 2 is 1.92 bits per heavy atom. The van der Waals surface area contributed by atoms with E-state index >= 15 is 0 Å². The van der Waals surface area contributed by atoms with Crippen LogP contribution in [0.1, 0.15) is 18.4 Å². The summed E-state index contributed by atoms with van der Waals surface area (Å²) in [6.07, 6.45) is 2.19. The van der Waals surface area contributed by atoms with E-state index in [9.17, 15) is 4.79 Å². The van der Waals surface area contributed by atoms with Crippen LogP contribution in [-0.2, 0) is 0 Å². The SMILES string of the molecule is CC1=CC1c1cccc(=O)cc1. The van der Waals surface area contributed by atoms with Crippen LogP contribution in [0.25, 0.3) is 0 Å². The van der Waals surface area contributed by atoms with Gasteiger partial charge >= 0.3 is 0 Å². The molecule has 0 amide bonds. The quantitative estimate of drug-likeness (QED) is 0.572. The lowest BCUT2D eigenvalue weighted by Crippen LogP contribution is -1.87. The molecule has 1 aliphatic carbocycles. The van der Waals surface area contributed by atoms with Crippen molar-refractivity contribution >= 4 is 0 Å². The lowest BCUT2D eigenvalue weighted by atomic mass is 10.1. The molecule has 12 heavy (non-hydrogen) atoms. The highest BCUT2D eigenvalue weighted by molar-refractivity contribution is 5.43. The molecule has 2 rings (SSSR count). The van der Waals surface area contributed by atoms with Gasteiger partial charge < -0.3 is 0 Å². The lowest BCUT2D eigenvalue weighted by Gasteiger charge is -1.92. The molecule has 0 heterocycles. The Morgan fingerprint density at radius 1 is 1.17 bits per heavy atom. The Bertz CT molecular complexity index is 390. The zero-order chi connectivity index (χ0) is 8.55. The molecule has 0 aliphatic heterocycles. The molecule has 1 nitrogen and oxygen atoms in total. The molecule has 0 aromatic heterocycles. The third-order valence-electron chi connectivity index (χ3n) is 2.16. The van der Waals surface area contributed by atoms with Crippen LogP contribution < -0.4 is 5.43 Å². The Kier molecular flexibility index (Phi) is 1.58. The van der Waals surface area contributed by atoms with Crippen LogP contribution in [-0.4, -0.2) is 0 Å². The van der Waals surface area contributed by atoms with E-state index in [1.165, 1.54) is 11.1 Å². The highest BCUT2D eigenvalue weighted by Gasteiger charge is 2.20. The highest BCUT2D eigenvalue weighted by atomic mass is 16.1. The van der Waals surface area contributed by atoms with E-state index in [2.05, 4.69) is 13.0 Å². The van der Waals surface area contributed by atoms with E-state index in [1.54, 1.807) is 12.1 Å². The predicted molar refractivity (Wildman–Crippen MR) is 49.2 cm³/mol. The van der Waals surface area contributed by atoms with Gasteiger partial charge in [0.2, 0.25) is 0 Å². The number of hydrogen-bond donors (Lipinski definition) is 0. The van der Waals surface area contributed by atoms with Gasteiger partial charge in [0.25, 0.3) is 0 Å². The van der Waals surface area contributed by atoms with Crippen LogP contribution in [0.4, 0.5) is 0 Å². The van der Waals surface area contributed by atoms with Gasteiger partial charge in [-0.05, 0) is 24.6 Å².